The first-order valence-electron chi connectivity index (χ1n) is 7.84. The van der Waals surface area contributed by atoms with E-state index in [-0.39, 0.29) is 0 Å². The second-order valence-corrected chi connectivity index (χ2v) is 5.86. The number of nitrogens with one attached hydrogen (secondary N) is 2. The molecule has 1 saturated carbocycles. The van der Waals surface area contributed by atoms with E-state index in [0.29, 0.717) is 12.0 Å². The van der Waals surface area contributed by atoms with Crippen LogP contribution >= 0.6 is 0 Å². The van der Waals surface area contributed by atoms with Gasteiger partial charge in [-0.15, -0.1) is 0 Å². The fourth-order valence-electron chi connectivity index (χ4n) is 2.85. The van der Waals surface area contributed by atoms with E-state index in [2.05, 4.69) is 71.1 Å². The largest absolute Gasteiger partial charge is 0.353 e. The number of benzene rings is 2. The maximum Gasteiger partial charge on any atom is 0.191 e. The molecule has 3 nitrogen and oxygen atoms in total. The summed E-state index contributed by atoms with van der Waals surface area (Å²) in [5, 5.41) is 6.91. The van der Waals surface area contributed by atoms with Gasteiger partial charge in [0.05, 0.1) is 0 Å². The molecular weight excluding hydrogens is 270 g/mol. The number of hydrogen-bond donors (Lipinski definition) is 2. The highest BCUT2D eigenvalue weighted by Crippen LogP contribution is 2.41. The zero-order chi connectivity index (χ0) is 15.4. The summed E-state index contributed by atoms with van der Waals surface area (Å²) in [6.07, 6.45) is 1.18. The molecule has 3 heteroatoms. The Hall–Kier alpha value is -2.29. The molecule has 0 aromatic heterocycles. The van der Waals surface area contributed by atoms with Crippen LogP contribution < -0.4 is 10.6 Å². The predicted octanol–water partition coefficient (Wildman–Crippen LogP) is 3.22. The Balaban J connectivity index is 1.54. The van der Waals surface area contributed by atoms with E-state index >= 15 is 0 Å². The SMILES string of the molecule is CN=C(NCc1ccccc1)NC1CC1c1ccccc1C. The normalized spacial score (nSPS) is 20.5. The lowest BCUT2D eigenvalue weighted by Crippen LogP contribution is -2.38. The number of hydrogen-bond acceptors (Lipinski definition) is 1. The van der Waals surface area contributed by atoms with Crippen LogP contribution in [0.15, 0.2) is 59.6 Å². The zero-order valence-electron chi connectivity index (χ0n) is 13.2. The van der Waals surface area contributed by atoms with Crippen molar-refractivity contribution in [3.63, 3.8) is 0 Å². The lowest BCUT2D eigenvalue weighted by molar-refractivity contribution is 0.789. The molecule has 2 aromatic carbocycles. The summed E-state index contributed by atoms with van der Waals surface area (Å²) >= 11 is 0. The summed E-state index contributed by atoms with van der Waals surface area (Å²) in [4.78, 5) is 4.33. The smallest absolute Gasteiger partial charge is 0.191 e. The molecule has 0 radical (unpaired) electrons. The van der Waals surface area contributed by atoms with Crippen LogP contribution in [0.1, 0.15) is 29.0 Å². The standard InChI is InChI=1S/C19H23N3/c1-14-8-6-7-11-16(14)17-12-18(17)22-19(20-2)21-13-15-9-4-3-5-10-15/h3-11,17-18H,12-13H2,1-2H3,(H2,20,21,22). The van der Waals surface area contributed by atoms with Gasteiger partial charge < -0.3 is 10.6 Å². The van der Waals surface area contributed by atoms with Crippen molar-refractivity contribution < 1.29 is 0 Å². The summed E-state index contributed by atoms with van der Waals surface area (Å²) in [7, 11) is 1.82. The summed E-state index contributed by atoms with van der Waals surface area (Å²) < 4.78 is 0. The van der Waals surface area contributed by atoms with Crippen molar-refractivity contribution in [2.45, 2.75) is 31.8 Å². The molecule has 1 aliphatic rings. The van der Waals surface area contributed by atoms with Crippen LogP contribution in [0.4, 0.5) is 0 Å². The van der Waals surface area contributed by atoms with Crippen molar-refractivity contribution in [2.75, 3.05) is 7.05 Å². The van der Waals surface area contributed by atoms with Crippen molar-refractivity contribution in [3.8, 4) is 0 Å². The minimum Gasteiger partial charge on any atom is -0.353 e. The Morgan fingerprint density at radius 1 is 1.09 bits per heavy atom. The highest BCUT2D eigenvalue weighted by molar-refractivity contribution is 5.80. The van der Waals surface area contributed by atoms with Gasteiger partial charge >= 0.3 is 0 Å². The first kappa shape index (κ1) is 14.6. The quantitative estimate of drug-likeness (QED) is 0.671. The molecule has 2 atom stereocenters. The van der Waals surface area contributed by atoms with E-state index in [0.717, 1.165) is 12.5 Å². The van der Waals surface area contributed by atoms with Gasteiger partial charge in [-0.3, -0.25) is 4.99 Å². The van der Waals surface area contributed by atoms with Gasteiger partial charge in [-0.05, 0) is 30.0 Å². The molecule has 2 N–H and O–H groups in total. The van der Waals surface area contributed by atoms with Crippen LogP contribution in [0.5, 0.6) is 0 Å². The number of guanidine groups is 1. The van der Waals surface area contributed by atoms with Gasteiger partial charge in [0.25, 0.3) is 0 Å². The lowest BCUT2D eigenvalue weighted by atomic mass is 10.0. The third-order valence-electron chi connectivity index (χ3n) is 4.23. The first-order valence-corrected chi connectivity index (χ1v) is 7.84. The lowest BCUT2D eigenvalue weighted by Gasteiger charge is -2.12. The topological polar surface area (TPSA) is 36.4 Å². The molecule has 1 fully saturated rings. The van der Waals surface area contributed by atoms with Crippen LogP contribution in [0, 0.1) is 6.92 Å². The number of rotatable bonds is 4. The molecule has 0 heterocycles. The molecular formula is C19H23N3. The van der Waals surface area contributed by atoms with Gasteiger partial charge in [0.2, 0.25) is 0 Å². The molecule has 1 aliphatic carbocycles. The van der Waals surface area contributed by atoms with Crippen molar-refractivity contribution in [1.29, 1.82) is 0 Å². The first-order chi connectivity index (χ1) is 10.8. The fourth-order valence-corrected chi connectivity index (χ4v) is 2.85. The molecule has 3 rings (SSSR count). The summed E-state index contributed by atoms with van der Waals surface area (Å²) in [6.45, 7) is 2.98. The molecule has 114 valence electrons. The predicted molar refractivity (Wildman–Crippen MR) is 92.1 cm³/mol. The maximum absolute atomic E-state index is 4.33. The number of aryl methyl sites for hydroxylation is 1. The van der Waals surface area contributed by atoms with E-state index in [1.807, 2.05) is 13.1 Å². The van der Waals surface area contributed by atoms with Crippen LogP contribution in [0.25, 0.3) is 0 Å². The Labute approximate surface area is 132 Å². The van der Waals surface area contributed by atoms with Crippen LogP contribution in [0.3, 0.4) is 0 Å². The van der Waals surface area contributed by atoms with Gasteiger partial charge in [0.15, 0.2) is 5.96 Å². The molecule has 2 unspecified atom stereocenters. The van der Waals surface area contributed by atoms with Gasteiger partial charge in [-0.25, -0.2) is 0 Å². The summed E-state index contributed by atoms with van der Waals surface area (Å²) in [5.41, 5.74) is 4.10. The molecule has 0 aliphatic heterocycles. The van der Waals surface area contributed by atoms with Gasteiger partial charge in [-0.1, -0.05) is 54.6 Å². The van der Waals surface area contributed by atoms with Crippen LogP contribution in [-0.2, 0) is 6.54 Å². The van der Waals surface area contributed by atoms with E-state index < -0.39 is 0 Å². The second-order valence-electron chi connectivity index (χ2n) is 5.86. The van der Waals surface area contributed by atoms with E-state index in [1.54, 1.807) is 0 Å². The molecule has 22 heavy (non-hydrogen) atoms. The molecule has 2 aromatic rings. The molecule has 0 spiro atoms. The number of nitrogens with zero attached hydrogens (tertiary/aromatic N) is 1. The monoisotopic (exact) mass is 293 g/mol. The number of aliphatic imine (C=N–C) groups is 1. The van der Waals surface area contributed by atoms with E-state index in [4.69, 9.17) is 0 Å². The fraction of sp³-hybridized carbons (Fsp3) is 0.316. The molecule has 0 bridgehead atoms. The van der Waals surface area contributed by atoms with Gasteiger partial charge in [-0.2, -0.15) is 0 Å². The minimum atomic E-state index is 0.489. The van der Waals surface area contributed by atoms with Gasteiger partial charge in [0.1, 0.15) is 0 Å². The van der Waals surface area contributed by atoms with E-state index in [9.17, 15) is 0 Å². The van der Waals surface area contributed by atoms with Crippen molar-refractivity contribution in [3.05, 3.63) is 71.3 Å². The average Bonchev–Trinajstić information content (AvgIpc) is 3.32. The third kappa shape index (κ3) is 3.48. The molecule has 0 saturated heterocycles. The molecule has 0 amide bonds. The average molecular weight is 293 g/mol. The summed E-state index contributed by atoms with van der Waals surface area (Å²) in [6, 6.07) is 19.5. The van der Waals surface area contributed by atoms with Crippen molar-refractivity contribution in [2.24, 2.45) is 4.99 Å². The van der Waals surface area contributed by atoms with Crippen LogP contribution in [-0.4, -0.2) is 19.0 Å². The highest BCUT2D eigenvalue weighted by Gasteiger charge is 2.39. The van der Waals surface area contributed by atoms with E-state index in [1.165, 1.54) is 23.1 Å². The summed E-state index contributed by atoms with van der Waals surface area (Å²) in [5.74, 6) is 1.49. The van der Waals surface area contributed by atoms with Gasteiger partial charge in [0, 0.05) is 25.6 Å². The van der Waals surface area contributed by atoms with Crippen molar-refractivity contribution >= 4 is 5.96 Å². The maximum atomic E-state index is 4.33. The minimum absolute atomic E-state index is 0.489. The second kappa shape index (κ2) is 6.65. The third-order valence-corrected chi connectivity index (χ3v) is 4.23. The highest BCUT2D eigenvalue weighted by atomic mass is 15.2. The Morgan fingerprint density at radius 2 is 1.82 bits per heavy atom. The Morgan fingerprint density at radius 3 is 2.55 bits per heavy atom. The Kier molecular flexibility index (Phi) is 4.42. The zero-order valence-corrected chi connectivity index (χ0v) is 13.2. The Bertz CT molecular complexity index is 649. The van der Waals surface area contributed by atoms with Crippen LogP contribution in [0.2, 0.25) is 0 Å². The van der Waals surface area contributed by atoms with Crippen molar-refractivity contribution in [1.82, 2.24) is 10.6 Å².